The number of nitrogens with zero attached hydrogens (tertiary/aromatic N) is 2. The van der Waals surface area contributed by atoms with E-state index in [4.69, 9.17) is 16.3 Å². The Hall–Kier alpha value is -2.79. The number of benzene rings is 2. The molecule has 0 bridgehead atoms. The number of hydrogen-bond acceptors (Lipinski definition) is 3. The summed E-state index contributed by atoms with van der Waals surface area (Å²) in [5, 5.41) is 7.86. The molecule has 0 radical (unpaired) electrons. The van der Waals surface area contributed by atoms with Crippen LogP contribution in [0.1, 0.15) is 22.8 Å². The van der Waals surface area contributed by atoms with Gasteiger partial charge in [-0.2, -0.15) is 5.10 Å². The second-order valence-corrected chi connectivity index (χ2v) is 5.78. The minimum Gasteiger partial charge on any atom is -0.493 e. The highest BCUT2D eigenvalue weighted by Crippen LogP contribution is 2.20. The van der Waals surface area contributed by atoms with E-state index in [0.29, 0.717) is 35.3 Å². The zero-order valence-electron chi connectivity index (χ0n) is 13.8. The third-order valence-electron chi connectivity index (χ3n) is 3.60. The van der Waals surface area contributed by atoms with Crippen LogP contribution in [0.15, 0.2) is 60.8 Å². The normalized spacial score (nSPS) is 10.5. The van der Waals surface area contributed by atoms with Crippen molar-refractivity contribution in [1.29, 1.82) is 0 Å². The number of hydrogen-bond donors (Lipinski definition) is 1. The van der Waals surface area contributed by atoms with Crippen LogP contribution >= 0.6 is 11.6 Å². The lowest BCUT2D eigenvalue weighted by atomic mass is 10.2. The molecule has 0 atom stereocenters. The van der Waals surface area contributed by atoms with Crippen LogP contribution in [-0.2, 0) is 6.54 Å². The first-order valence-corrected chi connectivity index (χ1v) is 8.35. The quantitative estimate of drug-likeness (QED) is 0.719. The molecule has 1 aromatic heterocycles. The number of amides is 1. The van der Waals surface area contributed by atoms with Gasteiger partial charge in [-0.15, -0.1) is 0 Å². The molecule has 0 unspecified atom stereocenters. The van der Waals surface area contributed by atoms with Crippen molar-refractivity contribution >= 4 is 23.3 Å². The summed E-state index contributed by atoms with van der Waals surface area (Å²) in [4.78, 5) is 12.5. The van der Waals surface area contributed by atoms with Gasteiger partial charge in [-0.1, -0.05) is 41.9 Å². The lowest BCUT2D eigenvalue weighted by Gasteiger charge is -2.09. The van der Waals surface area contributed by atoms with Crippen LogP contribution in [-0.4, -0.2) is 22.3 Å². The van der Waals surface area contributed by atoms with Crippen LogP contribution in [0.25, 0.3) is 0 Å². The minimum atomic E-state index is -0.257. The van der Waals surface area contributed by atoms with Gasteiger partial charge < -0.3 is 10.1 Å². The lowest BCUT2D eigenvalue weighted by Crippen LogP contribution is -2.14. The summed E-state index contributed by atoms with van der Waals surface area (Å²) in [6.45, 7) is 2.91. The molecule has 128 valence electrons. The van der Waals surface area contributed by atoms with Gasteiger partial charge in [0.25, 0.3) is 5.91 Å². The predicted molar refractivity (Wildman–Crippen MR) is 98.3 cm³/mol. The first kappa shape index (κ1) is 17.0. The Kier molecular flexibility index (Phi) is 5.36. The van der Waals surface area contributed by atoms with Crippen LogP contribution in [0.2, 0.25) is 5.02 Å². The maximum Gasteiger partial charge on any atom is 0.260 e. The number of halogens is 1. The summed E-state index contributed by atoms with van der Waals surface area (Å²) >= 11 is 6.17. The van der Waals surface area contributed by atoms with E-state index in [1.165, 1.54) is 0 Å². The van der Waals surface area contributed by atoms with E-state index in [1.54, 1.807) is 35.1 Å². The number of ether oxygens (including phenoxy) is 1. The van der Waals surface area contributed by atoms with Crippen molar-refractivity contribution in [3.63, 3.8) is 0 Å². The van der Waals surface area contributed by atoms with Gasteiger partial charge in [0.15, 0.2) is 5.82 Å². The fourth-order valence-electron chi connectivity index (χ4n) is 2.44. The monoisotopic (exact) mass is 355 g/mol. The SMILES string of the molecule is CCOc1ccccc1C(=O)Nc1ccn(Cc2ccccc2Cl)n1. The standard InChI is InChI=1S/C19H18ClN3O2/c1-2-25-17-10-6-4-8-15(17)19(24)21-18-11-12-23(22-18)13-14-7-3-5-9-16(14)20/h3-12H,2,13H2,1H3,(H,21,22,24). The Morgan fingerprint density at radius 2 is 1.92 bits per heavy atom. The van der Waals surface area contributed by atoms with Crippen LogP contribution in [0.3, 0.4) is 0 Å². The molecule has 0 aliphatic rings. The van der Waals surface area contributed by atoms with Gasteiger partial charge in [-0.05, 0) is 30.7 Å². The van der Waals surface area contributed by atoms with Crippen LogP contribution in [0.5, 0.6) is 5.75 Å². The Labute approximate surface area is 151 Å². The molecule has 6 heteroatoms. The van der Waals surface area contributed by atoms with E-state index < -0.39 is 0 Å². The molecule has 0 saturated carbocycles. The highest BCUT2D eigenvalue weighted by Gasteiger charge is 2.13. The van der Waals surface area contributed by atoms with Crippen LogP contribution in [0.4, 0.5) is 5.82 Å². The largest absolute Gasteiger partial charge is 0.493 e. The molecule has 0 aliphatic heterocycles. The van der Waals surface area contributed by atoms with E-state index in [9.17, 15) is 4.79 Å². The van der Waals surface area contributed by atoms with Gasteiger partial charge in [0.1, 0.15) is 5.75 Å². The Bertz CT molecular complexity index is 876. The highest BCUT2D eigenvalue weighted by molar-refractivity contribution is 6.31. The topological polar surface area (TPSA) is 56.1 Å². The molecular formula is C19H18ClN3O2. The molecule has 3 aromatic rings. The van der Waals surface area contributed by atoms with Gasteiger partial charge >= 0.3 is 0 Å². The van der Waals surface area contributed by atoms with Gasteiger partial charge in [0.05, 0.1) is 18.7 Å². The zero-order chi connectivity index (χ0) is 17.6. The molecule has 2 aromatic carbocycles. The van der Waals surface area contributed by atoms with E-state index in [1.807, 2.05) is 37.3 Å². The van der Waals surface area contributed by atoms with E-state index in [0.717, 1.165) is 5.56 Å². The predicted octanol–water partition coefficient (Wildman–Crippen LogP) is 4.24. The van der Waals surface area contributed by atoms with Gasteiger partial charge in [0.2, 0.25) is 0 Å². The molecule has 0 fully saturated rings. The number of carbonyl (C=O) groups is 1. The van der Waals surface area contributed by atoms with Crippen molar-refractivity contribution in [2.45, 2.75) is 13.5 Å². The summed E-state index contributed by atoms with van der Waals surface area (Å²) in [5.41, 5.74) is 1.44. The zero-order valence-corrected chi connectivity index (χ0v) is 14.5. The molecular weight excluding hydrogens is 338 g/mol. The van der Waals surface area contributed by atoms with Crippen molar-refractivity contribution in [2.24, 2.45) is 0 Å². The first-order valence-electron chi connectivity index (χ1n) is 7.97. The van der Waals surface area contributed by atoms with Crippen molar-refractivity contribution in [2.75, 3.05) is 11.9 Å². The maximum absolute atomic E-state index is 12.5. The maximum atomic E-state index is 12.5. The molecule has 5 nitrogen and oxygen atoms in total. The van der Waals surface area contributed by atoms with Crippen molar-refractivity contribution in [1.82, 2.24) is 9.78 Å². The highest BCUT2D eigenvalue weighted by atomic mass is 35.5. The Balaban J connectivity index is 1.71. The molecule has 1 N–H and O–H groups in total. The van der Waals surface area contributed by atoms with E-state index >= 15 is 0 Å². The molecule has 1 heterocycles. The van der Waals surface area contributed by atoms with Crippen molar-refractivity contribution in [3.8, 4) is 5.75 Å². The summed E-state index contributed by atoms with van der Waals surface area (Å²) in [5.74, 6) is 0.772. The van der Waals surface area contributed by atoms with Crippen molar-refractivity contribution in [3.05, 3.63) is 76.9 Å². The lowest BCUT2D eigenvalue weighted by molar-refractivity contribution is 0.102. The minimum absolute atomic E-state index is 0.257. The molecule has 0 spiro atoms. The summed E-state index contributed by atoms with van der Waals surface area (Å²) in [6, 6.07) is 16.5. The van der Waals surface area contributed by atoms with Gasteiger partial charge in [-0.25, -0.2) is 0 Å². The Morgan fingerprint density at radius 1 is 1.16 bits per heavy atom. The fraction of sp³-hybridized carbons (Fsp3) is 0.158. The van der Waals surface area contributed by atoms with Crippen molar-refractivity contribution < 1.29 is 9.53 Å². The average molecular weight is 356 g/mol. The number of nitrogens with one attached hydrogen (secondary N) is 1. The second-order valence-electron chi connectivity index (χ2n) is 5.37. The smallest absolute Gasteiger partial charge is 0.260 e. The summed E-state index contributed by atoms with van der Waals surface area (Å²) in [6.07, 6.45) is 1.80. The number of aromatic nitrogens is 2. The van der Waals surface area contributed by atoms with E-state index in [-0.39, 0.29) is 5.91 Å². The van der Waals surface area contributed by atoms with Crippen LogP contribution in [0, 0.1) is 0 Å². The Morgan fingerprint density at radius 3 is 2.72 bits per heavy atom. The number of rotatable bonds is 6. The molecule has 0 saturated heterocycles. The van der Waals surface area contributed by atoms with Gasteiger partial charge in [-0.3, -0.25) is 9.48 Å². The third-order valence-corrected chi connectivity index (χ3v) is 3.97. The summed E-state index contributed by atoms with van der Waals surface area (Å²) in [7, 11) is 0. The second kappa shape index (κ2) is 7.85. The number of carbonyl (C=O) groups excluding carboxylic acids is 1. The number of anilines is 1. The average Bonchev–Trinajstić information content (AvgIpc) is 3.05. The molecule has 25 heavy (non-hydrogen) atoms. The molecule has 1 amide bonds. The third kappa shape index (κ3) is 4.19. The first-order chi connectivity index (χ1) is 12.2. The summed E-state index contributed by atoms with van der Waals surface area (Å²) < 4.78 is 7.22. The van der Waals surface area contributed by atoms with Gasteiger partial charge in [0, 0.05) is 17.3 Å². The molecule has 0 aliphatic carbocycles. The fourth-order valence-corrected chi connectivity index (χ4v) is 2.63. The molecule has 3 rings (SSSR count). The van der Waals surface area contributed by atoms with E-state index in [2.05, 4.69) is 10.4 Å². The van der Waals surface area contributed by atoms with Crippen LogP contribution < -0.4 is 10.1 Å². The number of para-hydroxylation sites is 1.